The molecule has 1 heterocycles. The van der Waals surface area contributed by atoms with Gasteiger partial charge in [-0.15, -0.1) is 0 Å². The van der Waals surface area contributed by atoms with Crippen molar-refractivity contribution in [2.75, 3.05) is 5.32 Å². The van der Waals surface area contributed by atoms with Gasteiger partial charge in [0.1, 0.15) is 0 Å². The molecule has 1 aliphatic carbocycles. The normalized spacial score (nSPS) is 13.6. The van der Waals surface area contributed by atoms with Crippen molar-refractivity contribution < 1.29 is 9.32 Å². The molecule has 0 fully saturated rings. The summed E-state index contributed by atoms with van der Waals surface area (Å²) in [7, 11) is 0. The van der Waals surface area contributed by atoms with Crippen molar-refractivity contribution in [2.24, 2.45) is 0 Å². The van der Waals surface area contributed by atoms with E-state index < -0.39 is 0 Å². The third kappa shape index (κ3) is 3.97. The van der Waals surface area contributed by atoms with Crippen LogP contribution in [0.3, 0.4) is 0 Å². The molecule has 1 amide bonds. The number of aromatic nitrogens is 2. The molecule has 5 heteroatoms. The summed E-state index contributed by atoms with van der Waals surface area (Å²) >= 11 is 0. The number of rotatable bonds is 6. The number of carbonyl (C=O) groups is 1. The minimum absolute atomic E-state index is 0.000727. The molecule has 1 aliphatic rings. The lowest BCUT2D eigenvalue weighted by molar-refractivity contribution is -0.116. The molecule has 122 valence electrons. The first-order chi connectivity index (χ1) is 11.3. The molecule has 0 bridgehead atoms. The summed E-state index contributed by atoms with van der Waals surface area (Å²) in [5.41, 5.74) is 3.63. The van der Waals surface area contributed by atoms with E-state index in [2.05, 4.69) is 28.4 Å². The van der Waals surface area contributed by atoms with Gasteiger partial charge in [-0.3, -0.25) is 4.79 Å². The molecule has 1 aromatic carbocycles. The number of fused-ring (bicyclic) bond motifs is 1. The molecule has 23 heavy (non-hydrogen) atoms. The number of anilines is 1. The maximum Gasteiger partial charge on any atom is 0.227 e. The van der Waals surface area contributed by atoms with Crippen LogP contribution in [0.25, 0.3) is 0 Å². The van der Waals surface area contributed by atoms with Gasteiger partial charge < -0.3 is 9.84 Å². The van der Waals surface area contributed by atoms with Crippen LogP contribution in [0.4, 0.5) is 5.69 Å². The number of amides is 1. The van der Waals surface area contributed by atoms with E-state index in [9.17, 15) is 4.79 Å². The molecule has 1 aromatic heterocycles. The first kappa shape index (κ1) is 15.7. The number of hydrogen-bond acceptors (Lipinski definition) is 4. The summed E-state index contributed by atoms with van der Waals surface area (Å²) in [5, 5.41) is 6.95. The molecule has 0 aliphatic heterocycles. The number of aryl methyl sites for hydroxylation is 3. The topological polar surface area (TPSA) is 68.0 Å². The maximum atomic E-state index is 12.2. The summed E-state index contributed by atoms with van der Waals surface area (Å²) in [6.45, 7) is 2.07. The van der Waals surface area contributed by atoms with E-state index in [1.54, 1.807) is 0 Å². The van der Waals surface area contributed by atoms with Gasteiger partial charge in [0.15, 0.2) is 5.82 Å². The smallest absolute Gasteiger partial charge is 0.227 e. The number of nitrogens with one attached hydrogen (secondary N) is 1. The molecule has 1 N–H and O–H groups in total. The van der Waals surface area contributed by atoms with Crippen LogP contribution in [0.2, 0.25) is 0 Å². The fourth-order valence-corrected chi connectivity index (χ4v) is 3.05. The third-order valence-electron chi connectivity index (χ3n) is 4.22. The molecule has 0 saturated heterocycles. The zero-order valence-corrected chi connectivity index (χ0v) is 13.6. The second kappa shape index (κ2) is 7.40. The Morgan fingerprint density at radius 3 is 3.00 bits per heavy atom. The summed E-state index contributed by atoms with van der Waals surface area (Å²) in [5.74, 6) is 1.26. The molecule has 3 rings (SSSR count). The molecule has 2 aromatic rings. The fourth-order valence-electron chi connectivity index (χ4n) is 3.05. The van der Waals surface area contributed by atoms with Crippen molar-refractivity contribution in [3.8, 4) is 0 Å². The second-order valence-corrected chi connectivity index (χ2v) is 6.05. The summed E-state index contributed by atoms with van der Waals surface area (Å²) in [6, 6.07) is 6.18. The molecule has 0 radical (unpaired) electrons. The monoisotopic (exact) mass is 313 g/mol. The lowest BCUT2D eigenvalue weighted by atomic mass is 9.90. The van der Waals surface area contributed by atoms with E-state index >= 15 is 0 Å². The van der Waals surface area contributed by atoms with Crippen molar-refractivity contribution in [2.45, 2.75) is 58.3 Å². The van der Waals surface area contributed by atoms with Crippen molar-refractivity contribution in [1.82, 2.24) is 10.1 Å². The number of nitrogens with zero attached hydrogens (tertiary/aromatic N) is 2. The van der Waals surface area contributed by atoms with E-state index in [4.69, 9.17) is 4.52 Å². The highest BCUT2D eigenvalue weighted by Crippen LogP contribution is 2.27. The Labute approximate surface area is 136 Å². The average molecular weight is 313 g/mol. The van der Waals surface area contributed by atoms with Crippen molar-refractivity contribution in [3.63, 3.8) is 0 Å². The van der Waals surface area contributed by atoms with Crippen LogP contribution >= 0.6 is 0 Å². The minimum atomic E-state index is -0.000727. The lowest BCUT2D eigenvalue weighted by Crippen LogP contribution is -2.15. The van der Waals surface area contributed by atoms with Gasteiger partial charge in [0.2, 0.25) is 11.8 Å². The van der Waals surface area contributed by atoms with Gasteiger partial charge in [-0.05, 0) is 49.3 Å². The Morgan fingerprint density at radius 1 is 1.26 bits per heavy atom. The third-order valence-corrected chi connectivity index (χ3v) is 4.22. The Kier molecular flexibility index (Phi) is 5.05. The van der Waals surface area contributed by atoms with Gasteiger partial charge in [-0.25, -0.2) is 0 Å². The van der Waals surface area contributed by atoms with Gasteiger partial charge in [-0.1, -0.05) is 24.2 Å². The molecule has 0 spiro atoms. The molecular weight excluding hydrogens is 290 g/mol. The number of carbonyl (C=O) groups excluding carboxylic acids is 1. The molecule has 0 unspecified atom stereocenters. The van der Waals surface area contributed by atoms with Crippen LogP contribution in [0.15, 0.2) is 22.7 Å². The zero-order valence-electron chi connectivity index (χ0n) is 13.6. The Hall–Kier alpha value is -2.17. The van der Waals surface area contributed by atoms with Crippen molar-refractivity contribution in [3.05, 3.63) is 41.0 Å². The Morgan fingerprint density at radius 2 is 2.13 bits per heavy atom. The van der Waals surface area contributed by atoms with Gasteiger partial charge in [0, 0.05) is 24.9 Å². The van der Waals surface area contributed by atoms with E-state index in [1.165, 1.54) is 24.0 Å². The van der Waals surface area contributed by atoms with E-state index in [0.29, 0.717) is 18.7 Å². The largest absolute Gasteiger partial charge is 0.339 e. The zero-order chi connectivity index (χ0) is 16.1. The molecule has 0 saturated carbocycles. The van der Waals surface area contributed by atoms with Gasteiger partial charge >= 0.3 is 0 Å². The predicted octanol–water partition coefficient (Wildman–Crippen LogP) is 3.47. The van der Waals surface area contributed by atoms with Gasteiger partial charge in [0.05, 0.1) is 0 Å². The second-order valence-electron chi connectivity index (χ2n) is 6.05. The highest BCUT2D eigenvalue weighted by molar-refractivity contribution is 5.91. The predicted molar refractivity (Wildman–Crippen MR) is 88.3 cm³/mol. The standard InChI is InChI=1S/C18H23N3O2/c1-2-6-16-20-18(23-21-16)12-11-17(22)19-15-10-5-8-13-7-3-4-9-14(13)15/h5,8,10H,2-4,6-7,9,11-12H2,1H3,(H,19,22). The van der Waals surface area contributed by atoms with Gasteiger partial charge in [0.25, 0.3) is 0 Å². The lowest BCUT2D eigenvalue weighted by Gasteiger charge is -2.19. The summed E-state index contributed by atoms with van der Waals surface area (Å²) in [6.07, 6.45) is 7.24. The van der Waals surface area contributed by atoms with Crippen LogP contribution in [0, 0.1) is 0 Å². The summed E-state index contributed by atoms with van der Waals surface area (Å²) < 4.78 is 5.17. The average Bonchev–Trinajstić information content (AvgIpc) is 3.01. The fraction of sp³-hybridized carbons (Fsp3) is 0.500. The SMILES string of the molecule is CCCc1noc(CCC(=O)Nc2cccc3c2CCCC3)n1. The Balaban J connectivity index is 1.57. The molecule has 0 atom stereocenters. The van der Waals surface area contributed by atoms with E-state index in [-0.39, 0.29) is 5.91 Å². The minimum Gasteiger partial charge on any atom is -0.339 e. The van der Waals surface area contributed by atoms with Crippen molar-refractivity contribution in [1.29, 1.82) is 0 Å². The molecular formula is C18H23N3O2. The van der Waals surface area contributed by atoms with Crippen LogP contribution in [-0.2, 0) is 30.5 Å². The molecule has 5 nitrogen and oxygen atoms in total. The first-order valence-electron chi connectivity index (χ1n) is 8.48. The quantitative estimate of drug-likeness (QED) is 0.886. The summed E-state index contributed by atoms with van der Waals surface area (Å²) in [4.78, 5) is 16.5. The highest BCUT2D eigenvalue weighted by Gasteiger charge is 2.15. The van der Waals surface area contributed by atoms with Crippen LogP contribution in [0.5, 0.6) is 0 Å². The highest BCUT2D eigenvalue weighted by atomic mass is 16.5. The maximum absolute atomic E-state index is 12.2. The van der Waals surface area contributed by atoms with Gasteiger partial charge in [-0.2, -0.15) is 4.98 Å². The van der Waals surface area contributed by atoms with Crippen LogP contribution in [-0.4, -0.2) is 16.0 Å². The Bertz CT molecular complexity index is 679. The number of hydrogen-bond donors (Lipinski definition) is 1. The van der Waals surface area contributed by atoms with Crippen molar-refractivity contribution >= 4 is 11.6 Å². The number of benzene rings is 1. The first-order valence-corrected chi connectivity index (χ1v) is 8.48. The van der Waals surface area contributed by atoms with Crippen LogP contribution < -0.4 is 5.32 Å². The van der Waals surface area contributed by atoms with E-state index in [0.717, 1.165) is 37.2 Å². The van der Waals surface area contributed by atoms with E-state index in [1.807, 2.05) is 12.1 Å². The van der Waals surface area contributed by atoms with Crippen LogP contribution in [0.1, 0.15) is 55.4 Å².